The van der Waals surface area contributed by atoms with Crippen LogP contribution in [0.1, 0.15) is 10.4 Å². The zero-order valence-corrected chi connectivity index (χ0v) is 13.3. The van der Waals surface area contributed by atoms with E-state index >= 15 is 0 Å². The van der Waals surface area contributed by atoms with Crippen LogP contribution < -0.4 is 10.1 Å². The minimum absolute atomic E-state index is 0.216. The molecule has 0 radical (unpaired) electrons. The highest BCUT2D eigenvalue weighted by atomic mass is 35.5. The van der Waals surface area contributed by atoms with Gasteiger partial charge in [-0.2, -0.15) is 0 Å². The molecule has 1 aromatic carbocycles. The average Bonchev–Trinajstić information content (AvgIpc) is 2.54. The highest BCUT2D eigenvalue weighted by Crippen LogP contribution is 2.29. The Balaban J connectivity index is 2.32. The molecule has 1 heterocycles. The molecule has 118 valence electrons. The van der Waals surface area contributed by atoms with E-state index in [9.17, 15) is 4.79 Å². The maximum atomic E-state index is 12.3. The van der Waals surface area contributed by atoms with Crippen LogP contribution in [-0.2, 0) is 9.47 Å². The first kappa shape index (κ1) is 16.5. The Labute approximate surface area is 133 Å². The highest BCUT2D eigenvalue weighted by Gasteiger charge is 2.16. The number of fused-ring (bicyclic) bond motifs is 1. The minimum atomic E-state index is -0.513. The number of aromatic nitrogens is 1. The van der Waals surface area contributed by atoms with Crippen LogP contribution in [0.5, 0.6) is 5.75 Å². The molecule has 0 saturated heterocycles. The van der Waals surface area contributed by atoms with E-state index in [0.29, 0.717) is 27.2 Å². The van der Waals surface area contributed by atoms with Crippen molar-refractivity contribution in [2.24, 2.45) is 0 Å². The van der Waals surface area contributed by atoms with Crippen molar-refractivity contribution in [3.8, 4) is 5.75 Å². The quantitative estimate of drug-likeness (QED) is 0.825. The smallest absolute Gasteiger partial charge is 0.255 e. The molecule has 0 aliphatic carbocycles. The fraction of sp³-hybridized carbons (Fsp3) is 0.333. The van der Waals surface area contributed by atoms with Gasteiger partial charge in [0.15, 0.2) is 6.29 Å². The number of amides is 1. The van der Waals surface area contributed by atoms with E-state index in [4.69, 9.17) is 25.8 Å². The van der Waals surface area contributed by atoms with Gasteiger partial charge in [-0.15, -0.1) is 0 Å². The topological polar surface area (TPSA) is 69.7 Å². The lowest BCUT2D eigenvalue weighted by Crippen LogP contribution is -2.34. The van der Waals surface area contributed by atoms with E-state index in [2.05, 4.69) is 10.3 Å². The van der Waals surface area contributed by atoms with Crippen molar-refractivity contribution in [3.05, 3.63) is 35.0 Å². The van der Waals surface area contributed by atoms with E-state index < -0.39 is 6.29 Å². The van der Waals surface area contributed by atoms with E-state index in [1.54, 1.807) is 24.4 Å². The summed E-state index contributed by atoms with van der Waals surface area (Å²) in [6, 6.07) is 5.01. The van der Waals surface area contributed by atoms with Crippen molar-refractivity contribution in [2.75, 3.05) is 27.9 Å². The van der Waals surface area contributed by atoms with Crippen molar-refractivity contribution in [1.82, 2.24) is 10.3 Å². The molecular formula is C15H17ClN2O4. The zero-order chi connectivity index (χ0) is 16.1. The molecule has 6 nitrogen and oxygen atoms in total. The third-order valence-electron chi connectivity index (χ3n) is 3.21. The standard InChI is InChI=1S/C15H17ClN2O4/c1-20-13-7-12-9(11(16)4-5-17-12)6-10(13)15(19)18-8-14(21-2)22-3/h4-7,14H,8H2,1-3H3,(H,18,19). The number of carbonyl (C=O) groups excluding carboxylic acids is 1. The average molecular weight is 325 g/mol. The minimum Gasteiger partial charge on any atom is -0.496 e. The number of nitrogens with one attached hydrogen (secondary N) is 1. The maximum absolute atomic E-state index is 12.3. The summed E-state index contributed by atoms with van der Waals surface area (Å²) in [7, 11) is 4.50. The third-order valence-corrected chi connectivity index (χ3v) is 3.54. The van der Waals surface area contributed by atoms with Gasteiger partial charge in [-0.25, -0.2) is 0 Å². The summed E-state index contributed by atoms with van der Waals surface area (Å²) < 4.78 is 15.3. The number of halogens is 1. The second kappa shape index (κ2) is 7.40. The van der Waals surface area contributed by atoms with Crippen LogP contribution in [0.15, 0.2) is 24.4 Å². The number of methoxy groups -OCH3 is 3. The second-order valence-electron chi connectivity index (χ2n) is 4.47. The predicted molar refractivity (Wildman–Crippen MR) is 83.4 cm³/mol. The number of carbonyl (C=O) groups is 1. The first-order valence-electron chi connectivity index (χ1n) is 6.56. The van der Waals surface area contributed by atoms with Crippen LogP contribution >= 0.6 is 11.6 Å². The van der Waals surface area contributed by atoms with E-state index in [-0.39, 0.29) is 12.5 Å². The first-order chi connectivity index (χ1) is 10.6. The summed E-state index contributed by atoms with van der Waals surface area (Å²) in [4.78, 5) is 16.6. The molecule has 0 saturated carbocycles. The molecule has 0 unspecified atom stereocenters. The van der Waals surface area contributed by atoms with Gasteiger partial charge in [0.2, 0.25) is 0 Å². The first-order valence-corrected chi connectivity index (χ1v) is 6.94. The van der Waals surface area contributed by atoms with Crippen LogP contribution in [0.25, 0.3) is 10.9 Å². The van der Waals surface area contributed by atoms with Gasteiger partial charge in [-0.05, 0) is 12.1 Å². The van der Waals surface area contributed by atoms with Gasteiger partial charge in [-0.3, -0.25) is 9.78 Å². The van der Waals surface area contributed by atoms with E-state index in [0.717, 1.165) is 0 Å². The molecule has 1 aromatic heterocycles. The van der Waals surface area contributed by atoms with Gasteiger partial charge in [-0.1, -0.05) is 11.6 Å². The summed E-state index contributed by atoms with van der Waals surface area (Å²) in [6.07, 6.45) is 1.09. The number of nitrogens with zero attached hydrogens (tertiary/aromatic N) is 1. The normalized spacial score (nSPS) is 11.0. The lowest BCUT2D eigenvalue weighted by atomic mass is 10.1. The van der Waals surface area contributed by atoms with Crippen LogP contribution in [0.4, 0.5) is 0 Å². The van der Waals surface area contributed by atoms with Crippen molar-refractivity contribution < 1.29 is 19.0 Å². The van der Waals surface area contributed by atoms with Crippen molar-refractivity contribution in [2.45, 2.75) is 6.29 Å². The monoisotopic (exact) mass is 324 g/mol. The van der Waals surface area contributed by atoms with Crippen molar-refractivity contribution >= 4 is 28.4 Å². The van der Waals surface area contributed by atoms with Gasteiger partial charge in [0.1, 0.15) is 5.75 Å². The van der Waals surface area contributed by atoms with Gasteiger partial charge in [0, 0.05) is 31.9 Å². The van der Waals surface area contributed by atoms with Gasteiger partial charge in [0.05, 0.1) is 29.8 Å². The van der Waals surface area contributed by atoms with Crippen molar-refractivity contribution in [1.29, 1.82) is 0 Å². The molecule has 1 amide bonds. The molecule has 1 N–H and O–H groups in total. The molecule has 0 fully saturated rings. The summed E-state index contributed by atoms with van der Waals surface area (Å²) in [6.45, 7) is 0.216. The van der Waals surface area contributed by atoms with Crippen LogP contribution in [0.2, 0.25) is 5.02 Å². The number of ether oxygens (including phenoxy) is 3. The Morgan fingerprint density at radius 1 is 1.32 bits per heavy atom. The lowest BCUT2D eigenvalue weighted by molar-refractivity contribution is -0.0974. The molecule has 0 atom stereocenters. The molecule has 2 rings (SSSR count). The van der Waals surface area contributed by atoms with Crippen LogP contribution in [0, 0.1) is 0 Å². The Hall–Kier alpha value is -1.89. The number of hydrogen-bond acceptors (Lipinski definition) is 5. The number of rotatable bonds is 6. The SMILES string of the molecule is COc1cc2nccc(Cl)c2cc1C(=O)NCC(OC)OC. The Kier molecular flexibility index (Phi) is 5.54. The van der Waals surface area contributed by atoms with Crippen LogP contribution in [-0.4, -0.2) is 45.1 Å². The Bertz CT molecular complexity index is 674. The molecule has 22 heavy (non-hydrogen) atoms. The molecule has 0 spiro atoms. The lowest BCUT2D eigenvalue weighted by Gasteiger charge is -2.15. The summed E-state index contributed by atoms with van der Waals surface area (Å²) in [5, 5.41) is 3.93. The molecule has 0 aliphatic heterocycles. The van der Waals surface area contributed by atoms with Gasteiger partial charge < -0.3 is 19.5 Å². The van der Waals surface area contributed by atoms with Crippen LogP contribution in [0.3, 0.4) is 0 Å². The largest absolute Gasteiger partial charge is 0.496 e. The Morgan fingerprint density at radius 2 is 2.05 bits per heavy atom. The van der Waals surface area contributed by atoms with E-state index in [1.807, 2.05) is 0 Å². The molecule has 7 heteroatoms. The second-order valence-corrected chi connectivity index (χ2v) is 4.88. The summed E-state index contributed by atoms with van der Waals surface area (Å²) in [5.74, 6) is 0.115. The predicted octanol–water partition coefficient (Wildman–Crippen LogP) is 2.25. The molecule has 2 aromatic rings. The Morgan fingerprint density at radius 3 is 2.68 bits per heavy atom. The van der Waals surface area contributed by atoms with E-state index in [1.165, 1.54) is 21.3 Å². The molecule has 0 bridgehead atoms. The number of benzene rings is 1. The van der Waals surface area contributed by atoms with Gasteiger partial charge in [0.25, 0.3) is 5.91 Å². The van der Waals surface area contributed by atoms with Crippen molar-refractivity contribution in [3.63, 3.8) is 0 Å². The molecule has 0 aliphatic rings. The maximum Gasteiger partial charge on any atom is 0.255 e. The fourth-order valence-corrected chi connectivity index (χ4v) is 2.23. The molecular weight excluding hydrogens is 308 g/mol. The zero-order valence-electron chi connectivity index (χ0n) is 12.6. The number of hydrogen-bond donors (Lipinski definition) is 1. The fourth-order valence-electron chi connectivity index (χ4n) is 2.02. The number of pyridine rings is 1. The van der Waals surface area contributed by atoms with Gasteiger partial charge >= 0.3 is 0 Å². The summed E-state index contributed by atoms with van der Waals surface area (Å²) in [5.41, 5.74) is 1.03. The summed E-state index contributed by atoms with van der Waals surface area (Å²) >= 11 is 6.15. The third kappa shape index (κ3) is 3.47. The highest BCUT2D eigenvalue weighted by molar-refractivity contribution is 6.35.